The summed E-state index contributed by atoms with van der Waals surface area (Å²) in [5.74, 6) is 0.396. The number of amides is 1. The Hall–Kier alpha value is -0.360. The Morgan fingerprint density at radius 3 is 2.62 bits per heavy atom. The molecule has 0 spiro atoms. The van der Waals surface area contributed by atoms with Crippen molar-refractivity contribution in [3.63, 3.8) is 0 Å². The van der Waals surface area contributed by atoms with Gasteiger partial charge in [-0.2, -0.15) is 0 Å². The maximum atomic E-state index is 12.7. The van der Waals surface area contributed by atoms with E-state index >= 15 is 0 Å². The van der Waals surface area contributed by atoms with Gasteiger partial charge >= 0.3 is 0 Å². The van der Waals surface area contributed by atoms with Crippen LogP contribution in [0.5, 0.6) is 0 Å². The lowest BCUT2D eigenvalue weighted by molar-refractivity contribution is -0.136. The fraction of sp³-hybridized carbons (Fsp3) is 0.933. The van der Waals surface area contributed by atoms with Gasteiger partial charge in [0.15, 0.2) is 0 Å². The van der Waals surface area contributed by atoms with E-state index in [2.05, 4.69) is 15.1 Å². The highest BCUT2D eigenvalue weighted by Gasteiger charge is 2.52. The summed E-state index contributed by atoms with van der Waals surface area (Å²) in [6.07, 6.45) is 4.16. The fourth-order valence-electron chi connectivity index (χ4n) is 3.63. The zero-order chi connectivity index (χ0) is 14.0. The summed E-state index contributed by atoms with van der Waals surface area (Å²) in [4.78, 5) is 17.4. The van der Waals surface area contributed by atoms with Crippen molar-refractivity contribution in [1.29, 1.82) is 0 Å². The number of rotatable bonds is 5. The third-order valence-corrected chi connectivity index (χ3v) is 5.21. The smallest absolute Gasteiger partial charge is 0.228 e. The van der Waals surface area contributed by atoms with Gasteiger partial charge in [0.05, 0.1) is 5.41 Å². The zero-order valence-corrected chi connectivity index (χ0v) is 13.8. The predicted octanol–water partition coefficient (Wildman–Crippen LogP) is 0.731. The standard InChI is InChI=1S/C15H27N3O2.ClH/c1-20-11-5-15(3-4-15)14(19)18-8-2-13(12-18)17-9-6-16-7-10-17;/h13,16H,2-12H2,1H3;1H. The summed E-state index contributed by atoms with van der Waals surface area (Å²) in [6.45, 7) is 7.02. The van der Waals surface area contributed by atoms with Gasteiger partial charge in [-0.25, -0.2) is 0 Å². The Morgan fingerprint density at radius 2 is 2.00 bits per heavy atom. The number of carbonyl (C=O) groups excluding carboxylic acids is 1. The average molecular weight is 318 g/mol. The molecule has 1 N–H and O–H groups in total. The van der Waals surface area contributed by atoms with Crippen LogP contribution in [0.3, 0.4) is 0 Å². The molecule has 3 aliphatic rings. The third-order valence-electron chi connectivity index (χ3n) is 5.21. The summed E-state index contributed by atoms with van der Waals surface area (Å²) >= 11 is 0. The first kappa shape index (κ1) is 17.0. The minimum absolute atomic E-state index is 0. The Labute approximate surface area is 133 Å². The number of methoxy groups -OCH3 is 1. The van der Waals surface area contributed by atoms with E-state index in [4.69, 9.17) is 4.74 Å². The van der Waals surface area contributed by atoms with Crippen molar-refractivity contribution in [1.82, 2.24) is 15.1 Å². The summed E-state index contributed by atoms with van der Waals surface area (Å²) in [5.41, 5.74) is -0.0612. The molecule has 0 aromatic rings. The minimum atomic E-state index is -0.0612. The van der Waals surface area contributed by atoms with Crippen LogP contribution < -0.4 is 5.32 Å². The normalized spacial score (nSPS) is 28.2. The Morgan fingerprint density at radius 1 is 1.29 bits per heavy atom. The number of likely N-dealkylation sites (tertiary alicyclic amines) is 1. The quantitative estimate of drug-likeness (QED) is 0.812. The van der Waals surface area contributed by atoms with Gasteiger partial charge in [-0.3, -0.25) is 9.69 Å². The molecular formula is C15H28ClN3O2. The van der Waals surface area contributed by atoms with E-state index in [0.29, 0.717) is 18.6 Å². The second-order valence-electron chi connectivity index (χ2n) is 6.50. The van der Waals surface area contributed by atoms with E-state index in [9.17, 15) is 4.79 Å². The number of piperazine rings is 1. The Bertz CT molecular complexity index is 357. The maximum absolute atomic E-state index is 12.7. The lowest BCUT2D eigenvalue weighted by Crippen LogP contribution is -2.49. The van der Waals surface area contributed by atoms with Gasteiger partial charge in [0.2, 0.25) is 5.91 Å². The molecule has 1 saturated carbocycles. The number of hydrogen-bond acceptors (Lipinski definition) is 4. The fourth-order valence-corrected chi connectivity index (χ4v) is 3.63. The molecule has 2 aliphatic heterocycles. The topological polar surface area (TPSA) is 44.8 Å². The summed E-state index contributed by atoms with van der Waals surface area (Å²) in [7, 11) is 1.72. The minimum Gasteiger partial charge on any atom is -0.385 e. The summed E-state index contributed by atoms with van der Waals surface area (Å²) < 4.78 is 5.16. The molecule has 1 aliphatic carbocycles. The molecule has 0 radical (unpaired) electrons. The molecule has 1 amide bonds. The summed E-state index contributed by atoms with van der Waals surface area (Å²) in [6, 6.07) is 0.583. The van der Waals surface area contributed by atoms with Gasteiger partial charge in [0.25, 0.3) is 0 Å². The van der Waals surface area contributed by atoms with Crippen molar-refractivity contribution in [2.75, 3.05) is 53.0 Å². The predicted molar refractivity (Wildman–Crippen MR) is 84.8 cm³/mol. The number of halogens is 1. The monoisotopic (exact) mass is 317 g/mol. The molecule has 0 aromatic heterocycles. The van der Waals surface area contributed by atoms with Gasteiger partial charge in [-0.05, 0) is 25.7 Å². The van der Waals surface area contributed by atoms with Crippen LogP contribution in [0.1, 0.15) is 25.7 Å². The molecule has 3 fully saturated rings. The molecule has 0 aromatic carbocycles. The molecule has 21 heavy (non-hydrogen) atoms. The molecule has 1 unspecified atom stereocenters. The highest BCUT2D eigenvalue weighted by Crippen LogP contribution is 2.50. The van der Waals surface area contributed by atoms with Crippen molar-refractivity contribution in [2.45, 2.75) is 31.7 Å². The van der Waals surface area contributed by atoms with Crippen LogP contribution in [0.25, 0.3) is 0 Å². The molecule has 3 rings (SSSR count). The van der Waals surface area contributed by atoms with E-state index < -0.39 is 0 Å². The van der Waals surface area contributed by atoms with Crippen LogP contribution >= 0.6 is 12.4 Å². The van der Waals surface area contributed by atoms with E-state index in [1.807, 2.05) is 0 Å². The van der Waals surface area contributed by atoms with Gasteiger partial charge in [0.1, 0.15) is 0 Å². The van der Waals surface area contributed by atoms with Crippen LogP contribution in [-0.2, 0) is 9.53 Å². The van der Waals surface area contributed by atoms with Crippen molar-refractivity contribution < 1.29 is 9.53 Å². The Balaban J connectivity index is 0.00000161. The third kappa shape index (κ3) is 3.70. The molecule has 5 nitrogen and oxygen atoms in total. The van der Waals surface area contributed by atoms with E-state index in [0.717, 1.165) is 65.0 Å². The molecule has 6 heteroatoms. The van der Waals surface area contributed by atoms with Gasteiger partial charge < -0.3 is 15.0 Å². The molecule has 122 valence electrons. The number of nitrogens with zero attached hydrogens (tertiary/aromatic N) is 2. The molecule has 2 saturated heterocycles. The Kier molecular flexibility index (Phi) is 5.88. The molecule has 0 bridgehead atoms. The molecule has 1 atom stereocenters. The maximum Gasteiger partial charge on any atom is 0.228 e. The van der Waals surface area contributed by atoms with Crippen molar-refractivity contribution in [3.8, 4) is 0 Å². The van der Waals surface area contributed by atoms with Gasteiger partial charge in [-0.1, -0.05) is 0 Å². The van der Waals surface area contributed by atoms with Crippen LogP contribution in [0.15, 0.2) is 0 Å². The largest absolute Gasteiger partial charge is 0.385 e. The van der Waals surface area contributed by atoms with Crippen molar-refractivity contribution >= 4 is 18.3 Å². The molecular weight excluding hydrogens is 290 g/mol. The van der Waals surface area contributed by atoms with Crippen LogP contribution in [0, 0.1) is 5.41 Å². The van der Waals surface area contributed by atoms with E-state index in [1.165, 1.54) is 0 Å². The van der Waals surface area contributed by atoms with E-state index in [-0.39, 0.29) is 17.8 Å². The summed E-state index contributed by atoms with van der Waals surface area (Å²) in [5, 5.41) is 3.39. The van der Waals surface area contributed by atoms with Crippen molar-refractivity contribution in [2.24, 2.45) is 5.41 Å². The lowest BCUT2D eigenvalue weighted by atomic mass is 10.0. The number of carbonyl (C=O) groups is 1. The number of ether oxygens (including phenoxy) is 1. The number of hydrogen-bond donors (Lipinski definition) is 1. The van der Waals surface area contributed by atoms with Gasteiger partial charge in [0, 0.05) is 59.0 Å². The second-order valence-corrected chi connectivity index (χ2v) is 6.50. The van der Waals surface area contributed by atoms with Crippen LogP contribution in [0.2, 0.25) is 0 Å². The number of nitrogens with one attached hydrogen (secondary N) is 1. The molecule has 2 heterocycles. The lowest BCUT2D eigenvalue weighted by Gasteiger charge is -2.33. The first-order valence-corrected chi connectivity index (χ1v) is 7.98. The van der Waals surface area contributed by atoms with Gasteiger partial charge in [-0.15, -0.1) is 12.4 Å². The highest BCUT2D eigenvalue weighted by molar-refractivity contribution is 5.86. The highest BCUT2D eigenvalue weighted by atomic mass is 35.5. The first-order valence-electron chi connectivity index (χ1n) is 7.98. The SMILES string of the molecule is COCCC1(C(=O)N2CCC(N3CCNCC3)C2)CC1.Cl. The first-order chi connectivity index (χ1) is 9.75. The van der Waals surface area contributed by atoms with E-state index in [1.54, 1.807) is 7.11 Å². The average Bonchev–Trinajstić information content (AvgIpc) is 3.13. The van der Waals surface area contributed by atoms with Crippen LogP contribution in [-0.4, -0.2) is 74.7 Å². The van der Waals surface area contributed by atoms with Crippen LogP contribution in [0.4, 0.5) is 0 Å². The second kappa shape index (κ2) is 7.27. The zero-order valence-electron chi connectivity index (χ0n) is 13.0. The van der Waals surface area contributed by atoms with Crippen molar-refractivity contribution in [3.05, 3.63) is 0 Å².